The predicted molar refractivity (Wildman–Crippen MR) is 107 cm³/mol. The molecule has 0 aromatic heterocycles. The Kier molecular flexibility index (Phi) is 5.56. The van der Waals surface area contributed by atoms with Gasteiger partial charge in [-0.25, -0.2) is 12.7 Å². The summed E-state index contributed by atoms with van der Waals surface area (Å²) >= 11 is 0. The van der Waals surface area contributed by atoms with Gasteiger partial charge in [-0.1, -0.05) is 29.8 Å². The van der Waals surface area contributed by atoms with Crippen molar-refractivity contribution in [1.82, 2.24) is 4.31 Å². The van der Waals surface area contributed by atoms with Gasteiger partial charge in [-0.3, -0.25) is 9.59 Å². The zero-order valence-corrected chi connectivity index (χ0v) is 17.1. The van der Waals surface area contributed by atoms with Gasteiger partial charge in [0.1, 0.15) is 6.04 Å². The van der Waals surface area contributed by atoms with E-state index in [1.54, 1.807) is 12.1 Å². The van der Waals surface area contributed by atoms with E-state index in [1.165, 1.54) is 17.0 Å². The molecule has 148 valence electrons. The first kappa shape index (κ1) is 20.1. The number of anilines is 1. The highest BCUT2D eigenvalue weighted by Crippen LogP contribution is 2.30. The first-order valence-corrected chi connectivity index (χ1v) is 10.7. The average Bonchev–Trinajstić information content (AvgIpc) is 3.05. The molecule has 0 spiro atoms. The van der Waals surface area contributed by atoms with E-state index in [0.717, 1.165) is 15.4 Å². The van der Waals surface area contributed by atoms with Crippen molar-refractivity contribution in [2.45, 2.75) is 44.6 Å². The molecule has 2 aromatic carbocycles. The summed E-state index contributed by atoms with van der Waals surface area (Å²) < 4.78 is 27.0. The largest absolute Gasteiger partial charge is 0.311 e. The lowest BCUT2D eigenvalue weighted by Gasteiger charge is -2.29. The molecule has 1 fully saturated rings. The average molecular weight is 401 g/mol. The molecule has 7 heteroatoms. The van der Waals surface area contributed by atoms with Crippen LogP contribution in [0.5, 0.6) is 0 Å². The van der Waals surface area contributed by atoms with E-state index >= 15 is 0 Å². The van der Waals surface area contributed by atoms with E-state index in [4.69, 9.17) is 0 Å². The summed E-state index contributed by atoms with van der Waals surface area (Å²) in [5.41, 5.74) is 2.60. The molecule has 2 aromatic rings. The van der Waals surface area contributed by atoms with Gasteiger partial charge in [0, 0.05) is 18.7 Å². The normalized spacial score (nSPS) is 17.0. The Balaban J connectivity index is 1.97. The van der Waals surface area contributed by atoms with Crippen molar-refractivity contribution in [3.8, 4) is 0 Å². The molecule has 0 saturated carbocycles. The molecule has 3 rings (SSSR count). The van der Waals surface area contributed by atoms with Crippen LogP contribution in [0.25, 0.3) is 0 Å². The van der Waals surface area contributed by atoms with Gasteiger partial charge < -0.3 is 4.90 Å². The van der Waals surface area contributed by atoms with Gasteiger partial charge in [0.05, 0.1) is 4.90 Å². The first-order chi connectivity index (χ1) is 13.3. The van der Waals surface area contributed by atoms with E-state index < -0.39 is 22.0 Å². The third-order valence-electron chi connectivity index (χ3n) is 4.92. The molecule has 0 aliphatic carbocycles. The second-order valence-corrected chi connectivity index (χ2v) is 8.80. The number of sulfonamides is 1. The molecule has 0 bridgehead atoms. The van der Waals surface area contributed by atoms with Crippen LogP contribution in [0.1, 0.15) is 30.9 Å². The number of rotatable bonds is 5. The monoisotopic (exact) mass is 400 g/mol. The van der Waals surface area contributed by atoms with E-state index in [2.05, 4.69) is 0 Å². The van der Waals surface area contributed by atoms with Crippen molar-refractivity contribution in [3.63, 3.8) is 0 Å². The highest BCUT2D eigenvalue weighted by Gasteiger charge is 2.45. The molecule has 6 nitrogen and oxygen atoms in total. The number of nitrogens with zero attached hydrogens (tertiary/aromatic N) is 2. The molecule has 1 atom stereocenters. The van der Waals surface area contributed by atoms with Gasteiger partial charge in [0.15, 0.2) is 0 Å². The second kappa shape index (κ2) is 7.75. The second-order valence-electron chi connectivity index (χ2n) is 6.98. The van der Waals surface area contributed by atoms with Crippen LogP contribution in [0.2, 0.25) is 0 Å². The van der Waals surface area contributed by atoms with Crippen molar-refractivity contribution in [1.29, 1.82) is 0 Å². The van der Waals surface area contributed by atoms with Crippen LogP contribution in [0.4, 0.5) is 5.69 Å². The fraction of sp³-hybridized carbons (Fsp3) is 0.333. The Morgan fingerprint density at radius 2 is 1.79 bits per heavy atom. The van der Waals surface area contributed by atoms with E-state index in [1.807, 2.05) is 45.0 Å². The summed E-state index contributed by atoms with van der Waals surface area (Å²) in [4.78, 5) is 27.3. The summed E-state index contributed by atoms with van der Waals surface area (Å²) in [5.74, 6) is -0.922. The smallest absolute Gasteiger partial charge is 0.267 e. The highest BCUT2D eigenvalue weighted by atomic mass is 32.2. The number of hydrogen-bond acceptors (Lipinski definition) is 4. The molecule has 0 radical (unpaired) electrons. The van der Waals surface area contributed by atoms with Crippen LogP contribution in [-0.2, 0) is 19.6 Å². The summed E-state index contributed by atoms with van der Waals surface area (Å²) in [6.45, 7) is 5.99. The number of carbonyl (C=O) groups excluding carboxylic acids is 2. The number of benzene rings is 2. The molecule has 2 amide bonds. The summed E-state index contributed by atoms with van der Waals surface area (Å²) in [6, 6.07) is 12.7. The summed E-state index contributed by atoms with van der Waals surface area (Å²) in [5, 5.41) is 0. The third-order valence-corrected chi connectivity index (χ3v) is 6.76. The maximum Gasteiger partial charge on any atom is 0.267 e. The number of likely N-dealkylation sites (N-methyl/N-ethyl adjacent to an activating group) is 1. The summed E-state index contributed by atoms with van der Waals surface area (Å²) in [6.07, 6.45) is 0.220. The van der Waals surface area contributed by atoms with Crippen LogP contribution in [0.3, 0.4) is 0 Å². The molecule has 1 saturated heterocycles. The number of aryl methyl sites for hydroxylation is 2. The van der Waals surface area contributed by atoms with Gasteiger partial charge >= 0.3 is 0 Å². The van der Waals surface area contributed by atoms with Crippen molar-refractivity contribution < 1.29 is 18.0 Å². The lowest BCUT2D eigenvalue weighted by atomic mass is 10.1. The Bertz CT molecular complexity index is 999. The zero-order valence-electron chi connectivity index (χ0n) is 16.3. The molecule has 0 N–H and O–H groups in total. The van der Waals surface area contributed by atoms with E-state index in [9.17, 15) is 18.0 Å². The van der Waals surface area contributed by atoms with Gasteiger partial charge in [-0.05, 0) is 57.0 Å². The quantitative estimate of drug-likeness (QED) is 0.773. The van der Waals surface area contributed by atoms with E-state index in [0.29, 0.717) is 12.2 Å². The molecular weight excluding hydrogens is 376 g/mol. The SMILES string of the molecule is CCN(C(=O)[C@@H]1CCC(=O)N1S(=O)(=O)c1ccc(C)cc1)c1cccc(C)c1. The first-order valence-electron chi connectivity index (χ1n) is 9.27. The molecular formula is C21H24N2O4S. The van der Waals surface area contributed by atoms with Crippen LogP contribution in [-0.4, -0.2) is 37.1 Å². The zero-order chi connectivity index (χ0) is 20.5. The van der Waals surface area contributed by atoms with Crippen molar-refractivity contribution in [2.24, 2.45) is 0 Å². The van der Waals surface area contributed by atoms with Crippen LogP contribution >= 0.6 is 0 Å². The molecule has 1 aliphatic rings. The van der Waals surface area contributed by atoms with Gasteiger partial charge in [0.25, 0.3) is 15.9 Å². The maximum atomic E-state index is 13.2. The van der Waals surface area contributed by atoms with Crippen molar-refractivity contribution in [3.05, 3.63) is 59.7 Å². The highest BCUT2D eigenvalue weighted by molar-refractivity contribution is 7.89. The van der Waals surface area contributed by atoms with Crippen molar-refractivity contribution in [2.75, 3.05) is 11.4 Å². The lowest BCUT2D eigenvalue weighted by Crippen LogP contribution is -2.49. The molecule has 0 unspecified atom stereocenters. The van der Waals surface area contributed by atoms with Crippen molar-refractivity contribution >= 4 is 27.5 Å². The van der Waals surface area contributed by atoms with Crippen LogP contribution in [0, 0.1) is 13.8 Å². The predicted octanol–water partition coefficient (Wildman–Crippen LogP) is 3.04. The standard InChI is InChI=1S/C21H24N2O4S/c1-4-22(17-7-5-6-16(3)14-17)21(25)19-12-13-20(24)23(19)28(26,27)18-10-8-15(2)9-11-18/h5-11,14,19H,4,12-13H2,1-3H3/t19-/m0/s1. The minimum absolute atomic E-state index is 0.0183. The van der Waals surface area contributed by atoms with Gasteiger partial charge in [-0.2, -0.15) is 0 Å². The third kappa shape index (κ3) is 3.67. The number of hydrogen-bond donors (Lipinski definition) is 0. The maximum absolute atomic E-state index is 13.2. The van der Waals surface area contributed by atoms with E-state index in [-0.39, 0.29) is 23.6 Å². The molecule has 28 heavy (non-hydrogen) atoms. The van der Waals surface area contributed by atoms with Gasteiger partial charge in [-0.15, -0.1) is 0 Å². The fourth-order valence-electron chi connectivity index (χ4n) is 3.45. The number of carbonyl (C=O) groups is 2. The minimum atomic E-state index is -4.09. The van der Waals surface area contributed by atoms with Gasteiger partial charge in [0.2, 0.25) is 5.91 Å². The van der Waals surface area contributed by atoms with Crippen LogP contribution < -0.4 is 4.90 Å². The Morgan fingerprint density at radius 1 is 1.11 bits per heavy atom. The minimum Gasteiger partial charge on any atom is -0.311 e. The Labute approximate surface area is 165 Å². The topological polar surface area (TPSA) is 74.8 Å². The Hall–Kier alpha value is -2.67. The van der Waals surface area contributed by atoms with Crippen LogP contribution in [0.15, 0.2) is 53.4 Å². The fourth-order valence-corrected chi connectivity index (χ4v) is 5.05. The Morgan fingerprint density at radius 3 is 2.39 bits per heavy atom. The molecule has 1 aliphatic heterocycles. The number of amides is 2. The molecule has 1 heterocycles. The summed E-state index contributed by atoms with van der Waals surface area (Å²) in [7, 11) is -4.09. The lowest BCUT2D eigenvalue weighted by molar-refractivity contribution is -0.129.